The van der Waals surface area contributed by atoms with Gasteiger partial charge >= 0.3 is 0 Å². The second-order valence-electron chi connectivity index (χ2n) is 1.52. The number of nitrogens with zero attached hydrogens (tertiary/aromatic N) is 1. The number of hydrogen-bond donors (Lipinski definition) is 1. The molecule has 0 aromatic carbocycles. The van der Waals surface area contributed by atoms with Gasteiger partial charge in [0.2, 0.25) is 0 Å². The molecule has 3 heteroatoms. The molecule has 2 N–H and O–H groups in total. The van der Waals surface area contributed by atoms with Crippen LogP contribution in [0.15, 0.2) is 5.38 Å². The van der Waals surface area contributed by atoms with Gasteiger partial charge in [0.1, 0.15) is 5.82 Å². The van der Waals surface area contributed by atoms with Gasteiger partial charge in [0, 0.05) is 5.38 Å². The smallest absolute Gasteiger partial charge is 0.134 e. The Labute approximate surface area is 52.4 Å². The van der Waals surface area contributed by atoms with E-state index in [1.54, 1.807) is 11.3 Å². The van der Waals surface area contributed by atoms with Gasteiger partial charge in [0.25, 0.3) is 0 Å². The molecule has 0 aliphatic carbocycles. The number of hydrogen-bond acceptors (Lipinski definition) is 3. The van der Waals surface area contributed by atoms with Crippen molar-refractivity contribution >= 4 is 17.2 Å². The first-order valence-electron chi connectivity index (χ1n) is 2.53. The van der Waals surface area contributed by atoms with Gasteiger partial charge in [-0.25, -0.2) is 4.98 Å². The molecule has 1 aromatic heterocycles. The number of aryl methyl sites for hydroxylation is 1. The Kier molecular flexibility index (Phi) is 1.48. The summed E-state index contributed by atoms with van der Waals surface area (Å²) in [5, 5.41) is 2.97. The number of nitrogen functional groups attached to an aromatic ring is 1. The Morgan fingerprint density at radius 3 is 2.88 bits per heavy atom. The average molecular weight is 128 g/mol. The van der Waals surface area contributed by atoms with E-state index in [0.29, 0.717) is 5.82 Å². The molecule has 1 heterocycles. The number of thiazole rings is 1. The monoisotopic (exact) mass is 128 g/mol. The van der Waals surface area contributed by atoms with Crippen molar-refractivity contribution in [3.8, 4) is 0 Å². The van der Waals surface area contributed by atoms with E-state index in [0.717, 1.165) is 11.4 Å². The topological polar surface area (TPSA) is 38.9 Å². The second kappa shape index (κ2) is 2.13. The van der Waals surface area contributed by atoms with Crippen LogP contribution in [0.2, 0.25) is 0 Å². The summed E-state index contributed by atoms with van der Waals surface area (Å²) in [6, 6.07) is 0. The van der Waals surface area contributed by atoms with E-state index in [4.69, 9.17) is 5.73 Å². The molecule has 2 nitrogen and oxygen atoms in total. The number of rotatable bonds is 1. The minimum Gasteiger partial charge on any atom is -0.383 e. The standard InChI is InChI=1S/C5H8N2S/c1-2-5-7-4(6)3-8-5/h3H,2,6H2,1H3. The van der Waals surface area contributed by atoms with Crippen LogP contribution < -0.4 is 5.73 Å². The number of anilines is 1. The zero-order valence-corrected chi connectivity index (χ0v) is 5.53. The summed E-state index contributed by atoms with van der Waals surface area (Å²) in [5.74, 6) is 0.645. The maximum atomic E-state index is 5.35. The van der Waals surface area contributed by atoms with E-state index < -0.39 is 0 Å². The highest BCUT2D eigenvalue weighted by atomic mass is 32.1. The SMILES string of the molecule is CCc1nc(N)cs1. The van der Waals surface area contributed by atoms with Crippen LogP contribution in [0.5, 0.6) is 0 Å². The average Bonchev–Trinajstić information content (AvgIpc) is 2.14. The van der Waals surface area contributed by atoms with Crippen molar-refractivity contribution in [2.45, 2.75) is 13.3 Å². The Hall–Kier alpha value is -0.570. The molecule has 0 fully saturated rings. The largest absolute Gasteiger partial charge is 0.383 e. The molecule has 1 aromatic rings. The normalized spacial score (nSPS) is 9.62. The third-order valence-corrected chi connectivity index (χ3v) is 1.88. The molecule has 0 spiro atoms. The summed E-state index contributed by atoms with van der Waals surface area (Å²) in [6.45, 7) is 2.07. The molecule has 0 bridgehead atoms. The first kappa shape index (κ1) is 5.56. The fourth-order valence-corrected chi connectivity index (χ4v) is 1.12. The molecular formula is C5H8N2S. The highest BCUT2D eigenvalue weighted by molar-refractivity contribution is 7.09. The van der Waals surface area contributed by atoms with Gasteiger partial charge in [-0.15, -0.1) is 11.3 Å². The molecule has 44 valence electrons. The molecule has 0 atom stereocenters. The molecule has 0 aliphatic rings. The van der Waals surface area contributed by atoms with Crippen LogP contribution in [0.4, 0.5) is 5.82 Å². The van der Waals surface area contributed by atoms with Crippen LogP contribution in [0, 0.1) is 0 Å². The summed E-state index contributed by atoms with van der Waals surface area (Å²) in [5.41, 5.74) is 5.35. The molecule has 0 saturated heterocycles. The summed E-state index contributed by atoms with van der Waals surface area (Å²) in [7, 11) is 0. The molecule has 0 saturated carbocycles. The Balaban J connectivity index is 2.84. The van der Waals surface area contributed by atoms with E-state index in [1.807, 2.05) is 5.38 Å². The van der Waals surface area contributed by atoms with Gasteiger partial charge < -0.3 is 5.73 Å². The van der Waals surface area contributed by atoms with Crippen molar-refractivity contribution in [1.29, 1.82) is 0 Å². The Bertz CT molecular complexity index is 171. The molecule has 0 aliphatic heterocycles. The maximum absolute atomic E-state index is 5.35. The highest BCUT2D eigenvalue weighted by Gasteiger charge is 1.91. The third-order valence-electron chi connectivity index (χ3n) is 0.872. The van der Waals surface area contributed by atoms with Crippen molar-refractivity contribution in [3.05, 3.63) is 10.4 Å². The Morgan fingerprint density at radius 2 is 2.62 bits per heavy atom. The van der Waals surface area contributed by atoms with Crippen molar-refractivity contribution < 1.29 is 0 Å². The van der Waals surface area contributed by atoms with Crippen LogP contribution in [0.3, 0.4) is 0 Å². The quantitative estimate of drug-likeness (QED) is 0.619. The van der Waals surface area contributed by atoms with Crippen LogP contribution in [0.25, 0.3) is 0 Å². The van der Waals surface area contributed by atoms with E-state index in [1.165, 1.54) is 0 Å². The van der Waals surface area contributed by atoms with Crippen molar-refractivity contribution in [2.24, 2.45) is 0 Å². The molecule has 1 rings (SSSR count). The van der Waals surface area contributed by atoms with E-state index in [2.05, 4.69) is 11.9 Å². The minimum atomic E-state index is 0.645. The van der Waals surface area contributed by atoms with Gasteiger partial charge in [-0.3, -0.25) is 0 Å². The summed E-state index contributed by atoms with van der Waals surface area (Å²) in [6.07, 6.45) is 0.988. The lowest BCUT2D eigenvalue weighted by molar-refractivity contribution is 1.10. The predicted molar refractivity (Wildman–Crippen MR) is 35.9 cm³/mol. The fourth-order valence-electron chi connectivity index (χ4n) is 0.487. The number of aromatic nitrogens is 1. The van der Waals surface area contributed by atoms with E-state index >= 15 is 0 Å². The molecule has 0 unspecified atom stereocenters. The van der Waals surface area contributed by atoms with Crippen molar-refractivity contribution in [1.82, 2.24) is 4.98 Å². The fraction of sp³-hybridized carbons (Fsp3) is 0.400. The third kappa shape index (κ3) is 0.980. The summed E-state index contributed by atoms with van der Waals surface area (Å²) >= 11 is 1.61. The van der Waals surface area contributed by atoms with Gasteiger partial charge in [0.05, 0.1) is 5.01 Å². The van der Waals surface area contributed by atoms with Gasteiger partial charge in [-0.05, 0) is 6.42 Å². The zero-order valence-electron chi connectivity index (χ0n) is 4.72. The molecule has 0 radical (unpaired) electrons. The van der Waals surface area contributed by atoms with Crippen LogP contribution >= 0.6 is 11.3 Å². The van der Waals surface area contributed by atoms with Crippen LogP contribution in [-0.2, 0) is 6.42 Å². The second-order valence-corrected chi connectivity index (χ2v) is 2.46. The van der Waals surface area contributed by atoms with Gasteiger partial charge in [0.15, 0.2) is 0 Å². The molecular weight excluding hydrogens is 120 g/mol. The van der Waals surface area contributed by atoms with E-state index in [9.17, 15) is 0 Å². The van der Waals surface area contributed by atoms with Crippen molar-refractivity contribution in [3.63, 3.8) is 0 Å². The number of nitrogens with two attached hydrogens (primary N) is 1. The first-order valence-corrected chi connectivity index (χ1v) is 3.40. The molecule has 0 amide bonds. The van der Waals surface area contributed by atoms with Crippen LogP contribution in [0.1, 0.15) is 11.9 Å². The van der Waals surface area contributed by atoms with Gasteiger partial charge in [-0.1, -0.05) is 6.92 Å². The van der Waals surface area contributed by atoms with Crippen molar-refractivity contribution in [2.75, 3.05) is 5.73 Å². The zero-order chi connectivity index (χ0) is 5.98. The first-order chi connectivity index (χ1) is 3.83. The minimum absolute atomic E-state index is 0.645. The highest BCUT2D eigenvalue weighted by Crippen LogP contribution is 2.10. The lowest BCUT2D eigenvalue weighted by atomic mass is 10.5. The molecule has 8 heavy (non-hydrogen) atoms. The summed E-state index contributed by atoms with van der Waals surface area (Å²) in [4.78, 5) is 4.03. The van der Waals surface area contributed by atoms with E-state index in [-0.39, 0.29) is 0 Å². The summed E-state index contributed by atoms with van der Waals surface area (Å²) < 4.78 is 0. The predicted octanol–water partition coefficient (Wildman–Crippen LogP) is 1.29. The van der Waals surface area contributed by atoms with Gasteiger partial charge in [-0.2, -0.15) is 0 Å². The maximum Gasteiger partial charge on any atom is 0.134 e. The van der Waals surface area contributed by atoms with Crippen LogP contribution in [-0.4, -0.2) is 4.98 Å². The lowest BCUT2D eigenvalue weighted by Crippen LogP contribution is -1.83. The lowest BCUT2D eigenvalue weighted by Gasteiger charge is -1.79. The Morgan fingerprint density at radius 1 is 1.88 bits per heavy atom.